The molecule has 0 radical (unpaired) electrons. The maximum absolute atomic E-state index is 11.8. The molecule has 0 spiro atoms. The standard InChI is InChI=1S/C22H32O5/c1-12(15-7-8-16-21(3,4)9-6-10-22(15,16)5)18-14-11-17(24)26-19(14)27-20(18)25-13(2)23/h14-16,18-20H,1,6-11H2,2-5H3/t14-,15-,16+,18+,19+,20-,22-/m1/s1. The van der Waals surface area contributed by atoms with E-state index in [-0.39, 0.29) is 29.2 Å². The van der Waals surface area contributed by atoms with Crippen molar-refractivity contribution in [2.24, 2.45) is 34.5 Å². The zero-order valence-electron chi connectivity index (χ0n) is 17.0. The third-order valence-electron chi connectivity index (χ3n) is 8.00. The van der Waals surface area contributed by atoms with Crippen LogP contribution in [0, 0.1) is 34.5 Å². The van der Waals surface area contributed by atoms with E-state index in [1.807, 2.05) is 0 Å². The van der Waals surface area contributed by atoms with Crippen molar-refractivity contribution in [3.05, 3.63) is 12.2 Å². The van der Waals surface area contributed by atoms with Gasteiger partial charge in [0, 0.05) is 12.8 Å². The third kappa shape index (κ3) is 2.93. The van der Waals surface area contributed by atoms with Gasteiger partial charge in [-0.15, -0.1) is 0 Å². The lowest BCUT2D eigenvalue weighted by molar-refractivity contribution is -0.207. The predicted octanol–water partition coefficient (Wildman–Crippen LogP) is 4.21. The van der Waals surface area contributed by atoms with Crippen molar-refractivity contribution < 1.29 is 23.8 Å². The van der Waals surface area contributed by atoms with Crippen LogP contribution >= 0.6 is 0 Å². The Morgan fingerprint density at radius 2 is 1.96 bits per heavy atom. The first-order valence-electron chi connectivity index (χ1n) is 10.3. The maximum atomic E-state index is 11.8. The van der Waals surface area contributed by atoms with Gasteiger partial charge in [0.15, 0.2) is 0 Å². The molecule has 7 atom stereocenters. The molecule has 2 aliphatic heterocycles. The molecule has 0 aromatic rings. The molecule has 0 amide bonds. The zero-order valence-corrected chi connectivity index (χ0v) is 17.0. The highest BCUT2D eigenvalue weighted by atomic mass is 16.8. The molecular formula is C22H32O5. The minimum Gasteiger partial charge on any atom is -0.435 e. The van der Waals surface area contributed by atoms with Crippen LogP contribution in [0.5, 0.6) is 0 Å². The summed E-state index contributed by atoms with van der Waals surface area (Å²) in [6, 6.07) is 0. The fraction of sp³-hybridized carbons (Fsp3) is 0.818. The fourth-order valence-electron chi connectivity index (χ4n) is 6.92. The van der Waals surface area contributed by atoms with Crippen LogP contribution in [0.15, 0.2) is 12.2 Å². The Kier molecular flexibility index (Phi) is 4.45. The average molecular weight is 376 g/mol. The molecule has 27 heavy (non-hydrogen) atoms. The lowest BCUT2D eigenvalue weighted by Crippen LogP contribution is -2.43. The monoisotopic (exact) mass is 376 g/mol. The van der Waals surface area contributed by atoms with Crippen LogP contribution in [-0.2, 0) is 23.8 Å². The molecule has 5 heteroatoms. The fourth-order valence-corrected chi connectivity index (χ4v) is 6.92. The maximum Gasteiger partial charge on any atom is 0.308 e. The van der Waals surface area contributed by atoms with Gasteiger partial charge in [0.1, 0.15) is 0 Å². The summed E-state index contributed by atoms with van der Waals surface area (Å²) < 4.78 is 16.6. The van der Waals surface area contributed by atoms with Crippen molar-refractivity contribution in [2.45, 2.75) is 78.8 Å². The Hall–Kier alpha value is -1.36. The summed E-state index contributed by atoms with van der Waals surface area (Å²) in [6.07, 6.45) is 5.05. The third-order valence-corrected chi connectivity index (χ3v) is 8.00. The summed E-state index contributed by atoms with van der Waals surface area (Å²) in [7, 11) is 0. The van der Waals surface area contributed by atoms with Gasteiger partial charge >= 0.3 is 11.9 Å². The van der Waals surface area contributed by atoms with Gasteiger partial charge in [0.25, 0.3) is 0 Å². The zero-order chi connectivity index (χ0) is 19.6. The van der Waals surface area contributed by atoms with Crippen LogP contribution in [0.1, 0.15) is 66.2 Å². The summed E-state index contributed by atoms with van der Waals surface area (Å²) in [5.74, 6) is 0.150. The summed E-state index contributed by atoms with van der Waals surface area (Å²) in [5.41, 5.74) is 1.65. The van der Waals surface area contributed by atoms with Crippen LogP contribution in [0.3, 0.4) is 0 Å². The molecule has 2 saturated carbocycles. The van der Waals surface area contributed by atoms with E-state index in [1.54, 1.807) is 0 Å². The van der Waals surface area contributed by atoms with E-state index in [0.29, 0.717) is 23.7 Å². The number of hydrogen-bond acceptors (Lipinski definition) is 5. The van der Waals surface area contributed by atoms with Gasteiger partial charge in [-0.05, 0) is 48.3 Å². The van der Waals surface area contributed by atoms with Crippen molar-refractivity contribution in [1.29, 1.82) is 0 Å². The molecule has 0 N–H and O–H groups in total. The molecule has 0 unspecified atom stereocenters. The lowest BCUT2D eigenvalue weighted by Gasteiger charge is -2.50. The summed E-state index contributed by atoms with van der Waals surface area (Å²) in [4.78, 5) is 23.4. The highest BCUT2D eigenvalue weighted by Gasteiger charge is 2.59. The molecule has 2 saturated heterocycles. The number of esters is 2. The van der Waals surface area contributed by atoms with E-state index in [1.165, 1.54) is 32.6 Å². The Labute approximate surface area is 161 Å². The quantitative estimate of drug-likeness (QED) is 0.545. The van der Waals surface area contributed by atoms with E-state index in [2.05, 4.69) is 27.4 Å². The number of hydrogen-bond donors (Lipinski definition) is 0. The second kappa shape index (κ2) is 6.33. The minimum atomic E-state index is -0.697. The molecule has 4 aliphatic rings. The van der Waals surface area contributed by atoms with Gasteiger partial charge in [-0.3, -0.25) is 9.59 Å². The highest BCUT2D eigenvalue weighted by Crippen LogP contribution is 2.64. The summed E-state index contributed by atoms with van der Waals surface area (Å²) in [6.45, 7) is 13.1. The van der Waals surface area contributed by atoms with E-state index in [4.69, 9.17) is 14.2 Å². The molecular weight excluding hydrogens is 344 g/mol. The van der Waals surface area contributed by atoms with Crippen molar-refractivity contribution in [3.63, 3.8) is 0 Å². The minimum absolute atomic E-state index is 0.103. The van der Waals surface area contributed by atoms with Crippen molar-refractivity contribution in [1.82, 2.24) is 0 Å². The van der Waals surface area contributed by atoms with Gasteiger partial charge in [-0.1, -0.05) is 39.3 Å². The number of fused-ring (bicyclic) bond motifs is 2. The molecule has 5 nitrogen and oxygen atoms in total. The van der Waals surface area contributed by atoms with Crippen LogP contribution < -0.4 is 0 Å². The predicted molar refractivity (Wildman–Crippen MR) is 99.2 cm³/mol. The van der Waals surface area contributed by atoms with Gasteiger partial charge in [-0.2, -0.15) is 0 Å². The van der Waals surface area contributed by atoms with E-state index in [0.717, 1.165) is 12.0 Å². The molecule has 4 fully saturated rings. The van der Waals surface area contributed by atoms with Gasteiger partial charge in [0.2, 0.25) is 12.6 Å². The summed E-state index contributed by atoms with van der Waals surface area (Å²) in [5, 5.41) is 0. The number of carbonyl (C=O) groups excluding carboxylic acids is 2. The Balaban J connectivity index is 1.62. The Bertz CT molecular complexity index is 668. The molecule has 2 aliphatic carbocycles. The lowest BCUT2D eigenvalue weighted by atomic mass is 9.54. The van der Waals surface area contributed by atoms with Gasteiger partial charge < -0.3 is 14.2 Å². The van der Waals surface area contributed by atoms with Gasteiger partial charge in [-0.25, -0.2) is 0 Å². The summed E-state index contributed by atoms with van der Waals surface area (Å²) >= 11 is 0. The van der Waals surface area contributed by atoms with Crippen LogP contribution in [0.2, 0.25) is 0 Å². The average Bonchev–Trinajstić information content (AvgIpc) is 3.16. The SMILES string of the molecule is C=C([C@@H]1[C@H](OC(C)=O)O[C@@H]2OC(=O)C[C@@H]21)[C@H]1CC[C@H]2C(C)(C)CCC[C@]12C. The molecule has 150 valence electrons. The van der Waals surface area contributed by atoms with E-state index in [9.17, 15) is 9.59 Å². The Morgan fingerprint density at radius 1 is 1.22 bits per heavy atom. The molecule has 0 aromatic carbocycles. The molecule has 0 aromatic heterocycles. The van der Waals surface area contributed by atoms with Crippen LogP contribution in [-0.4, -0.2) is 24.5 Å². The molecule has 2 heterocycles. The largest absolute Gasteiger partial charge is 0.435 e. The number of rotatable bonds is 3. The number of ether oxygens (including phenoxy) is 3. The second-order valence-electron chi connectivity index (χ2n) is 9.97. The van der Waals surface area contributed by atoms with Crippen LogP contribution in [0.25, 0.3) is 0 Å². The molecule has 0 bridgehead atoms. The second-order valence-corrected chi connectivity index (χ2v) is 9.97. The van der Waals surface area contributed by atoms with E-state index >= 15 is 0 Å². The first-order valence-corrected chi connectivity index (χ1v) is 10.3. The highest BCUT2D eigenvalue weighted by molar-refractivity contribution is 5.72. The first-order chi connectivity index (χ1) is 12.6. The van der Waals surface area contributed by atoms with Gasteiger partial charge in [0.05, 0.1) is 12.3 Å². The number of carbonyl (C=O) groups is 2. The van der Waals surface area contributed by atoms with Crippen molar-refractivity contribution in [2.75, 3.05) is 0 Å². The van der Waals surface area contributed by atoms with Crippen LogP contribution in [0.4, 0.5) is 0 Å². The first kappa shape index (κ1) is 19.0. The van der Waals surface area contributed by atoms with Crippen molar-refractivity contribution >= 4 is 11.9 Å². The van der Waals surface area contributed by atoms with E-state index < -0.39 is 12.6 Å². The molecule has 4 rings (SSSR count). The topological polar surface area (TPSA) is 61.8 Å². The smallest absolute Gasteiger partial charge is 0.308 e. The van der Waals surface area contributed by atoms with Crippen molar-refractivity contribution in [3.8, 4) is 0 Å². The normalized spacial score (nSPS) is 45.1. The Morgan fingerprint density at radius 3 is 2.67 bits per heavy atom.